The standard InChI is InChI=1S/C26H30N2O6/c1-16-13-28(14-22(16)25(30)31)24(29)11-17(33-2)12-27-26(32)34-15-23-20-9-5-3-7-18(20)19-8-4-6-10-21(19)23/h3-10,16-17,22-23H,11-15H2,1-2H3,(H,27,32)(H,30,31)/t16-,17?,22-/m0/s1. The molecule has 2 amide bonds. The van der Waals surface area contributed by atoms with E-state index < -0.39 is 24.1 Å². The van der Waals surface area contributed by atoms with E-state index in [4.69, 9.17) is 9.47 Å². The number of ether oxygens (including phenoxy) is 2. The molecule has 3 atom stereocenters. The lowest BCUT2D eigenvalue weighted by atomic mass is 9.98. The Bertz CT molecular complexity index is 1030. The van der Waals surface area contributed by atoms with Crippen LogP contribution in [0.25, 0.3) is 11.1 Å². The highest BCUT2D eigenvalue weighted by molar-refractivity contribution is 5.80. The van der Waals surface area contributed by atoms with Gasteiger partial charge < -0.3 is 24.8 Å². The SMILES string of the molecule is COC(CNC(=O)OCC1c2ccccc2-c2ccccc21)CC(=O)N1C[C@H](C(=O)O)[C@@H](C)C1. The average molecular weight is 467 g/mol. The number of carbonyl (C=O) groups excluding carboxylic acids is 2. The third-order valence-electron chi connectivity index (χ3n) is 6.84. The maximum Gasteiger partial charge on any atom is 0.407 e. The van der Waals surface area contributed by atoms with Crippen LogP contribution < -0.4 is 5.32 Å². The van der Waals surface area contributed by atoms with Gasteiger partial charge in [0.1, 0.15) is 6.61 Å². The van der Waals surface area contributed by atoms with Crippen molar-refractivity contribution in [3.8, 4) is 11.1 Å². The molecular formula is C26H30N2O6. The molecule has 1 saturated heterocycles. The monoisotopic (exact) mass is 466 g/mol. The van der Waals surface area contributed by atoms with Gasteiger partial charge in [0, 0.05) is 32.7 Å². The van der Waals surface area contributed by atoms with Crippen molar-refractivity contribution in [2.75, 3.05) is 33.4 Å². The van der Waals surface area contributed by atoms with Crippen molar-refractivity contribution < 1.29 is 29.0 Å². The van der Waals surface area contributed by atoms with Crippen molar-refractivity contribution in [1.29, 1.82) is 0 Å². The van der Waals surface area contributed by atoms with Gasteiger partial charge in [0.15, 0.2) is 0 Å². The highest BCUT2D eigenvalue weighted by atomic mass is 16.5. The number of nitrogens with zero attached hydrogens (tertiary/aromatic N) is 1. The Hall–Kier alpha value is -3.39. The fourth-order valence-corrected chi connectivity index (χ4v) is 4.90. The second-order valence-corrected chi connectivity index (χ2v) is 8.99. The third-order valence-corrected chi connectivity index (χ3v) is 6.84. The van der Waals surface area contributed by atoms with Crippen molar-refractivity contribution in [3.05, 3.63) is 59.7 Å². The average Bonchev–Trinajstić information content (AvgIpc) is 3.38. The molecular weight excluding hydrogens is 436 g/mol. The first kappa shape index (κ1) is 23.8. The zero-order valence-corrected chi connectivity index (χ0v) is 19.4. The lowest BCUT2D eigenvalue weighted by molar-refractivity contribution is -0.142. The zero-order valence-electron chi connectivity index (χ0n) is 19.4. The highest BCUT2D eigenvalue weighted by Crippen LogP contribution is 2.44. The van der Waals surface area contributed by atoms with Gasteiger partial charge in [-0.3, -0.25) is 9.59 Å². The van der Waals surface area contributed by atoms with Gasteiger partial charge in [0.05, 0.1) is 18.4 Å². The van der Waals surface area contributed by atoms with Crippen LogP contribution in [-0.2, 0) is 19.1 Å². The maximum absolute atomic E-state index is 12.6. The molecule has 1 aliphatic carbocycles. The summed E-state index contributed by atoms with van der Waals surface area (Å²) < 4.78 is 10.9. The molecule has 4 rings (SSSR count). The fourth-order valence-electron chi connectivity index (χ4n) is 4.90. The smallest absolute Gasteiger partial charge is 0.407 e. The van der Waals surface area contributed by atoms with E-state index in [-0.39, 0.29) is 43.9 Å². The molecule has 2 N–H and O–H groups in total. The zero-order chi connectivity index (χ0) is 24.2. The number of hydrogen-bond donors (Lipinski definition) is 2. The normalized spacial score (nSPS) is 19.9. The van der Waals surface area contributed by atoms with Crippen molar-refractivity contribution in [2.45, 2.75) is 25.4 Å². The second kappa shape index (κ2) is 10.3. The fraction of sp³-hybridized carbons (Fsp3) is 0.423. The molecule has 2 aromatic carbocycles. The van der Waals surface area contributed by atoms with Crippen LogP contribution in [0.4, 0.5) is 4.79 Å². The van der Waals surface area contributed by atoms with E-state index in [1.807, 2.05) is 31.2 Å². The third kappa shape index (κ3) is 4.92. The summed E-state index contributed by atoms with van der Waals surface area (Å²) >= 11 is 0. The van der Waals surface area contributed by atoms with Crippen LogP contribution in [0.2, 0.25) is 0 Å². The van der Waals surface area contributed by atoms with Crippen LogP contribution in [0.5, 0.6) is 0 Å². The number of amides is 2. The van der Waals surface area contributed by atoms with Crippen LogP contribution in [0.3, 0.4) is 0 Å². The minimum atomic E-state index is -0.886. The number of nitrogens with one attached hydrogen (secondary N) is 1. The highest BCUT2D eigenvalue weighted by Gasteiger charge is 2.37. The number of carboxylic acid groups (broad SMARTS) is 1. The molecule has 0 spiro atoms. The molecule has 0 bridgehead atoms. The predicted octanol–water partition coefficient (Wildman–Crippen LogP) is 3.11. The van der Waals surface area contributed by atoms with Crippen LogP contribution in [0.1, 0.15) is 30.4 Å². The predicted molar refractivity (Wildman–Crippen MR) is 125 cm³/mol. The molecule has 8 nitrogen and oxygen atoms in total. The van der Waals surface area contributed by atoms with Gasteiger partial charge in [-0.05, 0) is 28.2 Å². The molecule has 0 saturated carbocycles. The van der Waals surface area contributed by atoms with Gasteiger partial charge in [-0.1, -0.05) is 55.5 Å². The van der Waals surface area contributed by atoms with Gasteiger partial charge >= 0.3 is 12.1 Å². The van der Waals surface area contributed by atoms with E-state index in [1.54, 1.807) is 4.90 Å². The van der Waals surface area contributed by atoms with Gasteiger partial charge in [-0.2, -0.15) is 0 Å². The molecule has 2 aliphatic rings. The Labute approximate surface area is 198 Å². The molecule has 34 heavy (non-hydrogen) atoms. The Balaban J connectivity index is 1.28. The first-order chi connectivity index (χ1) is 16.4. The van der Waals surface area contributed by atoms with E-state index in [9.17, 15) is 19.5 Å². The second-order valence-electron chi connectivity index (χ2n) is 8.99. The number of rotatable bonds is 8. The molecule has 1 fully saturated rings. The quantitative estimate of drug-likeness (QED) is 0.619. The number of alkyl carbamates (subject to hydrolysis) is 1. The number of methoxy groups -OCH3 is 1. The van der Waals surface area contributed by atoms with E-state index in [2.05, 4.69) is 29.6 Å². The van der Waals surface area contributed by atoms with Crippen molar-refractivity contribution >= 4 is 18.0 Å². The Morgan fingerprint density at radius 3 is 2.24 bits per heavy atom. The minimum Gasteiger partial charge on any atom is -0.481 e. The first-order valence-electron chi connectivity index (χ1n) is 11.5. The summed E-state index contributed by atoms with van der Waals surface area (Å²) in [7, 11) is 1.48. The van der Waals surface area contributed by atoms with Gasteiger partial charge in [-0.15, -0.1) is 0 Å². The number of hydrogen-bond acceptors (Lipinski definition) is 5. The Kier molecular flexibility index (Phi) is 7.17. The summed E-state index contributed by atoms with van der Waals surface area (Å²) in [6, 6.07) is 16.2. The summed E-state index contributed by atoms with van der Waals surface area (Å²) in [5.41, 5.74) is 4.59. The number of aliphatic carboxylic acids is 1. The van der Waals surface area contributed by atoms with E-state index in [0.29, 0.717) is 6.54 Å². The van der Waals surface area contributed by atoms with E-state index >= 15 is 0 Å². The van der Waals surface area contributed by atoms with Gasteiger partial charge in [0.25, 0.3) is 0 Å². The first-order valence-corrected chi connectivity index (χ1v) is 11.5. The van der Waals surface area contributed by atoms with Crippen LogP contribution in [-0.4, -0.2) is 67.4 Å². The van der Waals surface area contributed by atoms with E-state index in [1.165, 1.54) is 7.11 Å². The molecule has 1 aliphatic heterocycles. The largest absolute Gasteiger partial charge is 0.481 e. The van der Waals surface area contributed by atoms with Crippen LogP contribution in [0.15, 0.2) is 48.5 Å². The maximum atomic E-state index is 12.6. The number of fused-ring (bicyclic) bond motifs is 3. The Morgan fingerprint density at radius 2 is 1.68 bits per heavy atom. The molecule has 2 aromatic rings. The molecule has 1 heterocycles. The topological polar surface area (TPSA) is 105 Å². The molecule has 0 radical (unpaired) electrons. The summed E-state index contributed by atoms with van der Waals surface area (Å²) in [5, 5.41) is 12.0. The van der Waals surface area contributed by atoms with Gasteiger partial charge in [-0.25, -0.2) is 4.79 Å². The molecule has 1 unspecified atom stereocenters. The summed E-state index contributed by atoms with van der Waals surface area (Å²) in [6.45, 7) is 2.76. The summed E-state index contributed by atoms with van der Waals surface area (Å²) in [4.78, 5) is 37.9. The van der Waals surface area contributed by atoms with Crippen molar-refractivity contribution in [2.24, 2.45) is 11.8 Å². The number of benzene rings is 2. The minimum absolute atomic E-state index is 0.0303. The number of carbonyl (C=O) groups is 3. The molecule has 0 aromatic heterocycles. The van der Waals surface area contributed by atoms with Crippen LogP contribution >= 0.6 is 0 Å². The summed E-state index contributed by atoms with van der Waals surface area (Å²) in [6.07, 6.45) is -1.05. The van der Waals surface area contributed by atoms with Crippen LogP contribution in [0, 0.1) is 11.8 Å². The Morgan fingerprint density at radius 1 is 1.06 bits per heavy atom. The molecule has 8 heteroatoms. The van der Waals surface area contributed by atoms with Gasteiger partial charge in [0.2, 0.25) is 5.91 Å². The van der Waals surface area contributed by atoms with Crippen molar-refractivity contribution in [3.63, 3.8) is 0 Å². The number of likely N-dealkylation sites (tertiary alicyclic amines) is 1. The van der Waals surface area contributed by atoms with Crippen molar-refractivity contribution in [1.82, 2.24) is 10.2 Å². The lowest BCUT2D eigenvalue weighted by Gasteiger charge is -2.21. The lowest BCUT2D eigenvalue weighted by Crippen LogP contribution is -2.39. The van der Waals surface area contributed by atoms with E-state index in [0.717, 1.165) is 22.3 Å². The molecule has 180 valence electrons. The number of carboxylic acids is 1. The summed E-state index contributed by atoms with van der Waals surface area (Å²) in [5.74, 6) is -1.75.